The van der Waals surface area contributed by atoms with Crippen molar-refractivity contribution >= 4 is 21.9 Å². The highest BCUT2D eigenvalue weighted by Crippen LogP contribution is 2.41. The topological polar surface area (TPSA) is 84.0 Å². The number of nitrogens with zero attached hydrogens (tertiary/aromatic N) is 2. The van der Waals surface area contributed by atoms with Crippen molar-refractivity contribution in [1.82, 2.24) is 9.21 Å². The van der Waals surface area contributed by atoms with Crippen LogP contribution in [0.5, 0.6) is 0 Å². The molecule has 7 nitrogen and oxygen atoms in total. The van der Waals surface area contributed by atoms with E-state index in [0.717, 1.165) is 31.7 Å². The van der Waals surface area contributed by atoms with Gasteiger partial charge in [0.15, 0.2) is 0 Å². The number of hydrogen-bond donors (Lipinski definition) is 0. The van der Waals surface area contributed by atoms with Crippen LogP contribution < -0.4 is 0 Å². The minimum absolute atomic E-state index is 0.0607. The molecule has 0 N–H and O–H groups in total. The van der Waals surface area contributed by atoms with Crippen LogP contribution in [0.4, 0.5) is 4.39 Å². The summed E-state index contributed by atoms with van der Waals surface area (Å²) in [6, 6.07) is 4.84. The fourth-order valence-electron chi connectivity index (χ4n) is 5.47. The Morgan fingerprint density at radius 3 is 2.42 bits per heavy atom. The van der Waals surface area contributed by atoms with Crippen LogP contribution in [0.1, 0.15) is 44.9 Å². The molecule has 1 aromatic rings. The van der Waals surface area contributed by atoms with E-state index in [2.05, 4.69) is 0 Å². The van der Waals surface area contributed by atoms with Crippen LogP contribution >= 0.6 is 0 Å². The molecule has 9 heteroatoms. The first-order valence-electron chi connectivity index (χ1n) is 11.0. The number of benzene rings is 1. The van der Waals surface area contributed by atoms with Gasteiger partial charge in [0.2, 0.25) is 15.9 Å². The summed E-state index contributed by atoms with van der Waals surface area (Å²) in [5.74, 6) is -1.25. The van der Waals surface area contributed by atoms with E-state index in [1.165, 1.54) is 29.6 Å². The van der Waals surface area contributed by atoms with Crippen LogP contribution in [0, 0.1) is 17.7 Å². The second-order valence-electron chi connectivity index (χ2n) is 8.74. The van der Waals surface area contributed by atoms with Crippen molar-refractivity contribution in [2.75, 3.05) is 20.2 Å². The summed E-state index contributed by atoms with van der Waals surface area (Å²) in [7, 11) is -2.60. The van der Waals surface area contributed by atoms with E-state index in [1.807, 2.05) is 0 Å². The Morgan fingerprint density at radius 2 is 1.74 bits per heavy atom. The van der Waals surface area contributed by atoms with E-state index < -0.39 is 21.9 Å². The lowest BCUT2D eigenvalue weighted by molar-refractivity contribution is -0.154. The molecule has 2 heterocycles. The zero-order valence-electron chi connectivity index (χ0n) is 17.7. The first-order valence-corrected chi connectivity index (χ1v) is 12.4. The number of hydrogen-bond acceptors (Lipinski definition) is 5. The standard InChI is InChI=1S/C22H29FN2O5S/c1-30-22(27)19-14-16-6-2-4-8-18(16)25(19)21(26)15-10-12-24(13-11-15)31(28,29)20-9-5-3-7-17(20)23/h3,5,7,9,15-16,18-19H,2,4,6,8,10-14H2,1H3/t16-,18+,19+/m1/s1. The Labute approximate surface area is 182 Å². The van der Waals surface area contributed by atoms with Gasteiger partial charge in [-0.25, -0.2) is 17.6 Å². The Bertz CT molecular complexity index is 945. The Kier molecular flexibility index (Phi) is 6.35. The third kappa shape index (κ3) is 4.09. The van der Waals surface area contributed by atoms with Gasteiger partial charge >= 0.3 is 5.97 Å². The quantitative estimate of drug-likeness (QED) is 0.656. The van der Waals surface area contributed by atoms with Crippen molar-refractivity contribution in [3.8, 4) is 0 Å². The Hall–Kier alpha value is -2.00. The maximum absolute atomic E-state index is 14.0. The molecular weight excluding hydrogens is 423 g/mol. The smallest absolute Gasteiger partial charge is 0.328 e. The summed E-state index contributed by atoms with van der Waals surface area (Å²) in [6.45, 7) is 0.301. The second kappa shape index (κ2) is 8.86. The predicted molar refractivity (Wildman–Crippen MR) is 111 cm³/mol. The van der Waals surface area contributed by atoms with Crippen molar-refractivity contribution in [2.45, 2.75) is 61.9 Å². The summed E-state index contributed by atoms with van der Waals surface area (Å²) in [5, 5.41) is 0. The number of esters is 1. The van der Waals surface area contributed by atoms with Crippen LogP contribution in [-0.2, 0) is 24.3 Å². The lowest BCUT2D eigenvalue weighted by atomic mass is 9.84. The number of carbonyl (C=O) groups excluding carboxylic acids is 2. The Morgan fingerprint density at radius 1 is 1.06 bits per heavy atom. The highest BCUT2D eigenvalue weighted by atomic mass is 32.2. The van der Waals surface area contributed by atoms with E-state index in [0.29, 0.717) is 25.2 Å². The maximum atomic E-state index is 14.0. The molecule has 0 bridgehead atoms. The molecule has 1 amide bonds. The zero-order chi connectivity index (χ0) is 22.2. The first-order chi connectivity index (χ1) is 14.8. The van der Waals surface area contributed by atoms with Gasteiger partial charge in [0.1, 0.15) is 16.8 Å². The summed E-state index contributed by atoms with van der Waals surface area (Å²) in [6.07, 6.45) is 5.42. The average molecular weight is 453 g/mol. The van der Waals surface area contributed by atoms with E-state index in [-0.39, 0.29) is 41.8 Å². The number of amides is 1. The predicted octanol–water partition coefficient (Wildman–Crippen LogP) is 2.56. The van der Waals surface area contributed by atoms with Gasteiger partial charge < -0.3 is 9.64 Å². The number of methoxy groups -OCH3 is 1. The largest absolute Gasteiger partial charge is 0.467 e. The molecule has 0 unspecified atom stereocenters. The van der Waals surface area contributed by atoms with Crippen LogP contribution in [0.25, 0.3) is 0 Å². The molecule has 1 aromatic carbocycles. The van der Waals surface area contributed by atoms with Crippen molar-refractivity contribution in [2.24, 2.45) is 11.8 Å². The molecule has 0 aromatic heterocycles. The van der Waals surface area contributed by atoms with Crippen molar-refractivity contribution in [1.29, 1.82) is 0 Å². The molecule has 0 radical (unpaired) electrons. The minimum atomic E-state index is -3.95. The summed E-state index contributed by atoms with van der Waals surface area (Å²) in [5.41, 5.74) is 0. The van der Waals surface area contributed by atoms with Gasteiger partial charge in [-0.15, -0.1) is 0 Å². The fraction of sp³-hybridized carbons (Fsp3) is 0.636. The zero-order valence-corrected chi connectivity index (χ0v) is 18.5. The van der Waals surface area contributed by atoms with Crippen LogP contribution in [0.2, 0.25) is 0 Å². The summed E-state index contributed by atoms with van der Waals surface area (Å²) >= 11 is 0. The van der Waals surface area contributed by atoms with Gasteiger partial charge in [0.25, 0.3) is 0 Å². The van der Waals surface area contributed by atoms with E-state index in [4.69, 9.17) is 4.74 Å². The fourth-order valence-corrected chi connectivity index (χ4v) is 7.01. The van der Waals surface area contributed by atoms with E-state index >= 15 is 0 Å². The number of fused-ring (bicyclic) bond motifs is 1. The lowest BCUT2D eigenvalue weighted by Gasteiger charge is -2.38. The number of ether oxygens (including phenoxy) is 1. The number of carbonyl (C=O) groups is 2. The van der Waals surface area contributed by atoms with Crippen molar-refractivity contribution < 1.29 is 27.1 Å². The third-order valence-electron chi connectivity index (χ3n) is 7.07. The molecule has 3 aliphatic rings. The van der Waals surface area contributed by atoms with Gasteiger partial charge in [-0.3, -0.25) is 4.79 Å². The normalized spacial score (nSPS) is 27.7. The highest BCUT2D eigenvalue weighted by Gasteiger charge is 2.49. The van der Waals surface area contributed by atoms with Gasteiger partial charge in [0, 0.05) is 25.0 Å². The molecule has 2 saturated heterocycles. The van der Waals surface area contributed by atoms with Gasteiger partial charge in [-0.05, 0) is 50.2 Å². The number of rotatable bonds is 4. The van der Waals surface area contributed by atoms with E-state index in [9.17, 15) is 22.4 Å². The van der Waals surface area contributed by atoms with Crippen LogP contribution in [0.3, 0.4) is 0 Å². The lowest BCUT2D eigenvalue weighted by Crippen LogP contribution is -2.51. The number of likely N-dealkylation sites (tertiary alicyclic amines) is 1. The number of halogens is 1. The summed E-state index contributed by atoms with van der Waals surface area (Å²) < 4.78 is 46.0. The minimum Gasteiger partial charge on any atom is -0.467 e. The molecule has 170 valence electrons. The second-order valence-corrected chi connectivity index (χ2v) is 10.6. The van der Waals surface area contributed by atoms with Crippen molar-refractivity contribution in [3.63, 3.8) is 0 Å². The third-order valence-corrected chi connectivity index (χ3v) is 9.01. The van der Waals surface area contributed by atoms with Gasteiger partial charge in [-0.1, -0.05) is 25.0 Å². The molecule has 1 saturated carbocycles. The molecule has 3 atom stereocenters. The highest BCUT2D eigenvalue weighted by molar-refractivity contribution is 7.89. The molecule has 3 fully saturated rings. The first kappa shape index (κ1) is 22.2. The number of sulfonamides is 1. The maximum Gasteiger partial charge on any atom is 0.328 e. The van der Waals surface area contributed by atoms with Crippen molar-refractivity contribution in [3.05, 3.63) is 30.1 Å². The molecule has 4 rings (SSSR count). The monoisotopic (exact) mass is 452 g/mol. The van der Waals surface area contributed by atoms with Crippen LogP contribution in [0.15, 0.2) is 29.2 Å². The SMILES string of the molecule is COC(=O)[C@@H]1C[C@H]2CCCC[C@@H]2N1C(=O)C1CCN(S(=O)(=O)c2ccccc2F)CC1. The molecule has 2 aliphatic heterocycles. The molecule has 0 spiro atoms. The molecule has 31 heavy (non-hydrogen) atoms. The molecule has 1 aliphatic carbocycles. The average Bonchev–Trinajstić information content (AvgIpc) is 3.18. The van der Waals surface area contributed by atoms with E-state index in [1.54, 1.807) is 4.90 Å². The number of piperidine rings is 1. The van der Waals surface area contributed by atoms with Crippen LogP contribution in [-0.4, -0.2) is 61.8 Å². The van der Waals surface area contributed by atoms with Gasteiger partial charge in [-0.2, -0.15) is 4.31 Å². The van der Waals surface area contributed by atoms with Gasteiger partial charge in [0.05, 0.1) is 7.11 Å². The summed E-state index contributed by atoms with van der Waals surface area (Å²) in [4.78, 5) is 27.3. The Balaban J connectivity index is 1.47. The molecular formula is C22H29FN2O5S.